The van der Waals surface area contributed by atoms with E-state index < -0.39 is 0 Å². The van der Waals surface area contributed by atoms with Crippen molar-refractivity contribution in [3.63, 3.8) is 0 Å². The molecule has 0 radical (unpaired) electrons. The predicted octanol–water partition coefficient (Wildman–Crippen LogP) is 3.99. The number of urea groups is 1. The van der Waals surface area contributed by atoms with Crippen molar-refractivity contribution in [3.05, 3.63) is 40.7 Å². The highest BCUT2D eigenvalue weighted by Gasteiger charge is 2.18. The van der Waals surface area contributed by atoms with Crippen LogP contribution >= 0.6 is 11.6 Å². The van der Waals surface area contributed by atoms with Crippen LogP contribution in [0, 0.1) is 13.8 Å². The Kier molecular flexibility index (Phi) is 4.85. The number of hydrogen-bond acceptors (Lipinski definition) is 4. The number of nitrogens with one attached hydrogen (secondary N) is 2. The Morgan fingerprint density at radius 2 is 1.79 bits per heavy atom. The molecule has 6 nitrogen and oxygen atoms in total. The molecule has 0 spiro atoms. The lowest BCUT2D eigenvalue weighted by atomic mass is 10.3. The zero-order chi connectivity index (χ0) is 17.1. The van der Waals surface area contributed by atoms with E-state index in [9.17, 15) is 4.79 Å². The maximum atomic E-state index is 12.2. The molecule has 1 aromatic heterocycles. The van der Waals surface area contributed by atoms with Gasteiger partial charge in [-0.05, 0) is 44.9 Å². The molecule has 0 atom stereocenters. The van der Waals surface area contributed by atoms with Gasteiger partial charge in [-0.25, -0.2) is 14.8 Å². The predicted molar refractivity (Wildman–Crippen MR) is 97.0 cm³/mol. The third-order valence-electron chi connectivity index (χ3n) is 3.97. The van der Waals surface area contributed by atoms with Crippen LogP contribution in [0.15, 0.2) is 24.3 Å². The molecule has 0 saturated carbocycles. The number of benzene rings is 1. The van der Waals surface area contributed by atoms with Crippen LogP contribution in [0.25, 0.3) is 0 Å². The number of aryl methyl sites for hydroxylation is 2. The Hall–Kier alpha value is -2.34. The summed E-state index contributed by atoms with van der Waals surface area (Å²) in [6.45, 7) is 5.73. The molecule has 2 N–H and O–H groups in total. The molecule has 1 fully saturated rings. The highest BCUT2D eigenvalue weighted by molar-refractivity contribution is 6.30. The van der Waals surface area contributed by atoms with Gasteiger partial charge in [-0.3, -0.25) is 0 Å². The van der Waals surface area contributed by atoms with Gasteiger partial charge in [0.05, 0.1) is 17.1 Å². The molecule has 0 unspecified atom stereocenters. The lowest BCUT2D eigenvalue weighted by Crippen LogP contribution is -2.24. The second-order valence-corrected chi connectivity index (χ2v) is 6.29. The van der Waals surface area contributed by atoms with Crippen LogP contribution in [0.1, 0.15) is 24.2 Å². The summed E-state index contributed by atoms with van der Waals surface area (Å²) in [6, 6.07) is 6.65. The van der Waals surface area contributed by atoms with E-state index in [1.165, 1.54) is 12.8 Å². The van der Waals surface area contributed by atoms with E-state index in [-0.39, 0.29) is 6.03 Å². The third-order valence-corrected chi connectivity index (χ3v) is 4.20. The second kappa shape index (κ2) is 7.05. The largest absolute Gasteiger partial charge is 0.341 e. The molecular weight excluding hydrogens is 326 g/mol. The first kappa shape index (κ1) is 16.5. The minimum atomic E-state index is -0.346. The molecule has 2 heterocycles. The Balaban J connectivity index is 1.73. The van der Waals surface area contributed by atoms with E-state index in [0.717, 1.165) is 30.4 Å². The van der Waals surface area contributed by atoms with Crippen molar-refractivity contribution in [3.8, 4) is 0 Å². The Bertz CT molecular complexity index is 735. The number of rotatable bonds is 3. The van der Waals surface area contributed by atoms with Crippen LogP contribution in [0.5, 0.6) is 0 Å². The highest BCUT2D eigenvalue weighted by atomic mass is 35.5. The first-order valence-corrected chi connectivity index (χ1v) is 8.34. The van der Waals surface area contributed by atoms with Crippen LogP contribution in [-0.2, 0) is 0 Å². The zero-order valence-corrected chi connectivity index (χ0v) is 14.5. The minimum absolute atomic E-state index is 0.346. The van der Waals surface area contributed by atoms with Gasteiger partial charge in [0.25, 0.3) is 0 Å². The van der Waals surface area contributed by atoms with Gasteiger partial charge in [0.1, 0.15) is 0 Å². The van der Waals surface area contributed by atoms with Crippen LogP contribution in [-0.4, -0.2) is 29.1 Å². The van der Waals surface area contributed by atoms with Crippen LogP contribution < -0.4 is 15.5 Å². The first-order chi connectivity index (χ1) is 11.5. The SMILES string of the molecule is Cc1nc(N2CCCC2)nc(C)c1NC(=O)Nc1cccc(Cl)c1. The molecule has 0 bridgehead atoms. The number of nitrogens with zero attached hydrogens (tertiary/aromatic N) is 3. The highest BCUT2D eigenvalue weighted by Crippen LogP contribution is 2.23. The number of halogens is 1. The summed E-state index contributed by atoms with van der Waals surface area (Å²) < 4.78 is 0. The molecule has 0 aliphatic carbocycles. The molecular formula is C17H20ClN5O. The van der Waals surface area contributed by atoms with Crippen molar-refractivity contribution in [1.82, 2.24) is 9.97 Å². The van der Waals surface area contributed by atoms with Gasteiger partial charge in [-0.2, -0.15) is 0 Å². The van der Waals surface area contributed by atoms with E-state index in [4.69, 9.17) is 11.6 Å². The molecule has 1 aliphatic rings. The minimum Gasteiger partial charge on any atom is -0.341 e. The quantitative estimate of drug-likeness (QED) is 0.882. The van der Waals surface area contributed by atoms with Gasteiger partial charge >= 0.3 is 6.03 Å². The smallest absolute Gasteiger partial charge is 0.323 e. The first-order valence-electron chi connectivity index (χ1n) is 7.96. The third kappa shape index (κ3) is 3.76. The number of hydrogen-bond donors (Lipinski definition) is 2. The number of aromatic nitrogens is 2. The van der Waals surface area contributed by atoms with Crippen molar-refractivity contribution in [2.24, 2.45) is 0 Å². The number of carbonyl (C=O) groups excluding carboxylic acids is 1. The Morgan fingerprint density at radius 3 is 2.42 bits per heavy atom. The molecule has 3 rings (SSSR count). The fourth-order valence-electron chi connectivity index (χ4n) is 2.78. The van der Waals surface area contributed by atoms with Crippen molar-refractivity contribution in [2.75, 3.05) is 28.6 Å². The fraction of sp³-hybridized carbons (Fsp3) is 0.353. The summed E-state index contributed by atoms with van der Waals surface area (Å²) in [6.07, 6.45) is 2.34. The average molecular weight is 346 g/mol. The molecule has 126 valence electrons. The van der Waals surface area contributed by atoms with E-state index in [1.807, 2.05) is 13.8 Å². The van der Waals surface area contributed by atoms with Gasteiger partial charge in [-0.1, -0.05) is 17.7 Å². The summed E-state index contributed by atoms with van der Waals surface area (Å²) in [4.78, 5) is 23.5. The van der Waals surface area contributed by atoms with Gasteiger partial charge < -0.3 is 15.5 Å². The molecule has 1 aliphatic heterocycles. The summed E-state index contributed by atoms with van der Waals surface area (Å²) in [5, 5.41) is 6.15. The summed E-state index contributed by atoms with van der Waals surface area (Å²) in [7, 11) is 0. The van der Waals surface area contributed by atoms with Crippen LogP contribution in [0.4, 0.5) is 22.1 Å². The van der Waals surface area contributed by atoms with Crippen molar-refractivity contribution in [2.45, 2.75) is 26.7 Å². The maximum absolute atomic E-state index is 12.2. The van der Waals surface area contributed by atoms with Gasteiger partial charge in [0.2, 0.25) is 5.95 Å². The molecule has 1 saturated heterocycles. The lowest BCUT2D eigenvalue weighted by molar-refractivity contribution is 0.262. The Labute approximate surface area is 146 Å². The summed E-state index contributed by atoms with van der Waals surface area (Å²) >= 11 is 5.92. The molecule has 2 aromatic rings. The number of carbonyl (C=O) groups is 1. The van der Waals surface area contributed by atoms with Crippen molar-refractivity contribution < 1.29 is 4.79 Å². The van der Waals surface area contributed by atoms with Crippen molar-refractivity contribution in [1.29, 1.82) is 0 Å². The van der Waals surface area contributed by atoms with Crippen molar-refractivity contribution >= 4 is 35.0 Å². The summed E-state index contributed by atoms with van der Waals surface area (Å²) in [5.74, 6) is 0.739. The normalized spacial score (nSPS) is 13.9. The number of anilines is 3. The van der Waals surface area contributed by atoms with Crippen LogP contribution in [0.2, 0.25) is 5.02 Å². The second-order valence-electron chi connectivity index (χ2n) is 5.85. The zero-order valence-electron chi connectivity index (χ0n) is 13.8. The fourth-order valence-corrected chi connectivity index (χ4v) is 2.97. The molecule has 7 heteroatoms. The standard InChI is InChI=1S/C17H20ClN5O/c1-11-15(12(2)20-16(19-11)23-8-3-4-9-23)22-17(24)21-14-7-5-6-13(18)10-14/h5-7,10H,3-4,8-9H2,1-2H3,(H2,21,22,24). The van der Waals surface area contributed by atoms with E-state index in [1.54, 1.807) is 24.3 Å². The molecule has 1 aromatic carbocycles. The van der Waals surface area contributed by atoms with E-state index in [2.05, 4.69) is 25.5 Å². The molecule has 24 heavy (non-hydrogen) atoms. The monoisotopic (exact) mass is 345 g/mol. The van der Waals surface area contributed by atoms with Gasteiger partial charge in [0.15, 0.2) is 0 Å². The van der Waals surface area contributed by atoms with Gasteiger partial charge in [0, 0.05) is 23.8 Å². The van der Waals surface area contributed by atoms with Crippen LogP contribution in [0.3, 0.4) is 0 Å². The maximum Gasteiger partial charge on any atom is 0.323 e. The summed E-state index contributed by atoms with van der Waals surface area (Å²) in [5.41, 5.74) is 2.78. The topological polar surface area (TPSA) is 70.2 Å². The van der Waals surface area contributed by atoms with E-state index >= 15 is 0 Å². The Morgan fingerprint density at radius 1 is 1.12 bits per heavy atom. The average Bonchev–Trinajstić information content (AvgIpc) is 3.05. The van der Waals surface area contributed by atoms with Gasteiger partial charge in [-0.15, -0.1) is 0 Å². The van der Waals surface area contributed by atoms with E-state index in [0.29, 0.717) is 16.4 Å². The lowest BCUT2D eigenvalue weighted by Gasteiger charge is -2.18. The molecule has 2 amide bonds. The number of amides is 2.